The summed E-state index contributed by atoms with van der Waals surface area (Å²) in [4.78, 5) is 137. The fourth-order valence-electron chi connectivity index (χ4n) is 11.8. The SMILES string of the molecule is CC1(C)COC(=O)CCCCCCOc2cccc(c2)[C@@H](CCc2ccccc2)OC(=O)C2CCCCN2C(=O)C1=O.C[C@@H]1OC(=O)CN(C)C(=O)CNC(=O)[C@@H](CCc2ccccc2)NC(=O)[C@@H]2CCCCN2C(=O)C(=O)[C@]2(O)OC(CC[C@H]2C)C[C@@H]1C. The second kappa shape index (κ2) is 32.8. The van der Waals surface area contributed by atoms with Gasteiger partial charge in [0.05, 0.1) is 24.7 Å². The van der Waals surface area contributed by atoms with Crippen LogP contribution in [0, 0.1) is 17.3 Å². The highest BCUT2D eigenvalue weighted by Crippen LogP contribution is 2.37. The molecule has 0 aromatic heterocycles. The van der Waals surface area contributed by atoms with Gasteiger partial charge in [0.1, 0.15) is 49.2 Å². The first-order chi connectivity index (χ1) is 42.5. The van der Waals surface area contributed by atoms with E-state index in [1.54, 1.807) is 27.7 Å². The topological polar surface area (TPSA) is 271 Å². The van der Waals surface area contributed by atoms with Crippen molar-refractivity contribution in [3.63, 3.8) is 0 Å². The van der Waals surface area contributed by atoms with Crippen molar-refractivity contribution in [2.24, 2.45) is 17.3 Å². The highest BCUT2D eigenvalue weighted by Gasteiger charge is 2.53. The number of esters is 3. The van der Waals surface area contributed by atoms with Crippen LogP contribution in [0.1, 0.15) is 160 Å². The van der Waals surface area contributed by atoms with E-state index < -0.39 is 113 Å². The number of ether oxygens (including phenoxy) is 5. The van der Waals surface area contributed by atoms with Crippen molar-refractivity contribution >= 4 is 59.0 Å². The van der Waals surface area contributed by atoms with Gasteiger partial charge in [-0.2, -0.15) is 0 Å². The number of carbonyl (C=O) groups excluding carboxylic acids is 10. The molecule has 9 atom stereocenters. The van der Waals surface area contributed by atoms with Gasteiger partial charge in [0, 0.05) is 32.5 Å². The number of aliphatic hydroxyl groups is 1. The zero-order valence-electron chi connectivity index (χ0n) is 52.6. The van der Waals surface area contributed by atoms with E-state index in [0.29, 0.717) is 83.0 Å². The Bertz CT molecular complexity index is 2940. The number of cyclic esters (lactones) is 3. The van der Waals surface area contributed by atoms with Crippen molar-refractivity contribution in [2.75, 3.05) is 46.4 Å². The summed E-state index contributed by atoms with van der Waals surface area (Å²) in [5.41, 5.74) is 1.67. The molecule has 0 spiro atoms. The lowest BCUT2D eigenvalue weighted by Gasteiger charge is -2.43. The lowest BCUT2D eigenvalue weighted by molar-refractivity contribution is -0.265. The van der Waals surface area contributed by atoms with Gasteiger partial charge in [0.2, 0.25) is 29.3 Å². The number of nitrogens with one attached hydrogen (secondary N) is 2. The Labute approximate surface area is 522 Å². The average Bonchev–Trinajstić information content (AvgIpc) is 1.62. The normalized spacial score (nSPS) is 28.0. The molecule has 3 aromatic rings. The highest BCUT2D eigenvalue weighted by atomic mass is 16.6. The molecule has 5 aliphatic heterocycles. The molecule has 484 valence electrons. The van der Waals surface area contributed by atoms with Gasteiger partial charge in [-0.3, -0.25) is 43.2 Å². The number of benzene rings is 3. The number of carbonyl (C=O) groups is 10. The number of hydrogen-bond acceptors (Lipinski definition) is 16. The molecular weight excluding hydrogens is 1140 g/mol. The fourth-order valence-corrected chi connectivity index (χ4v) is 11.8. The molecule has 5 heterocycles. The molecule has 5 aliphatic rings. The van der Waals surface area contributed by atoms with E-state index in [1.807, 2.05) is 91.9 Å². The van der Waals surface area contributed by atoms with E-state index in [-0.39, 0.29) is 57.4 Å². The van der Waals surface area contributed by atoms with E-state index in [9.17, 15) is 53.1 Å². The van der Waals surface area contributed by atoms with Gasteiger partial charge in [-0.05, 0) is 152 Å². The quantitative estimate of drug-likeness (QED) is 0.129. The zero-order valence-corrected chi connectivity index (χ0v) is 52.6. The number of Topliss-reactive ketones (excluding diaryl/α,β-unsaturated/α-hetero) is 2. The van der Waals surface area contributed by atoms with Crippen molar-refractivity contribution < 1.29 is 76.7 Å². The minimum absolute atomic E-state index is 0.123. The van der Waals surface area contributed by atoms with Crippen LogP contribution in [-0.4, -0.2) is 161 Å². The predicted molar refractivity (Wildman–Crippen MR) is 327 cm³/mol. The van der Waals surface area contributed by atoms with Gasteiger partial charge in [-0.1, -0.05) is 99.5 Å². The van der Waals surface area contributed by atoms with Gasteiger partial charge in [0.15, 0.2) is 0 Å². The third-order valence-electron chi connectivity index (χ3n) is 17.7. The highest BCUT2D eigenvalue weighted by molar-refractivity contribution is 6.39. The summed E-state index contributed by atoms with van der Waals surface area (Å²) >= 11 is 0. The number of piperidine rings is 2. The van der Waals surface area contributed by atoms with Gasteiger partial charge in [-0.15, -0.1) is 0 Å². The van der Waals surface area contributed by atoms with Crippen molar-refractivity contribution in [2.45, 2.75) is 192 Å². The number of hydrogen-bond donors (Lipinski definition) is 3. The van der Waals surface area contributed by atoms with Crippen LogP contribution in [0.25, 0.3) is 0 Å². The predicted octanol–water partition coefficient (Wildman–Crippen LogP) is 6.87. The third kappa shape index (κ3) is 19.5. The minimum atomic E-state index is -2.39. The Kier molecular flexibility index (Phi) is 25.4. The number of rotatable bonds is 6. The molecule has 4 fully saturated rings. The van der Waals surface area contributed by atoms with Gasteiger partial charge >= 0.3 is 17.9 Å². The molecule has 4 saturated heterocycles. The number of likely N-dealkylation sites (N-methyl/N-ethyl adjacent to an activating group) is 1. The average molecular weight is 1230 g/mol. The molecule has 0 radical (unpaired) electrons. The molecule has 4 bridgehead atoms. The second-order valence-electron chi connectivity index (χ2n) is 25.1. The van der Waals surface area contributed by atoms with Crippen LogP contribution in [0.15, 0.2) is 84.9 Å². The number of amides is 5. The van der Waals surface area contributed by atoms with Crippen LogP contribution in [0.5, 0.6) is 5.75 Å². The van der Waals surface area contributed by atoms with Crippen LogP contribution in [0.4, 0.5) is 0 Å². The summed E-state index contributed by atoms with van der Waals surface area (Å²) < 4.78 is 29.1. The van der Waals surface area contributed by atoms with E-state index in [1.165, 1.54) is 16.8 Å². The molecule has 8 rings (SSSR count). The van der Waals surface area contributed by atoms with Crippen molar-refractivity contribution in [3.05, 3.63) is 102 Å². The summed E-state index contributed by atoms with van der Waals surface area (Å²) in [5.74, 6) is -9.47. The van der Waals surface area contributed by atoms with E-state index in [2.05, 4.69) is 10.6 Å². The molecule has 3 aromatic carbocycles. The van der Waals surface area contributed by atoms with Crippen molar-refractivity contribution in [1.29, 1.82) is 0 Å². The van der Waals surface area contributed by atoms with Crippen LogP contribution in [0.3, 0.4) is 0 Å². The summed E-state index contributed by atoms with van der Waals surface area (Å²) in [7, 11) is 1.43. The van der Waals surface area contributed by atoms with Crippen molar-refractivity contribution in [3.8, 4) is 5.75 Å². The Morgan fingerprint density at radius 2 is 1.26 bits per heavy atom. The molecule has 21 nitrogen and oxygen atoms in total. The number of fused-ring (bicyclic) bond motifs is 6. The van der Waals surface area contributed by atoms with Gasteiger partial charge < -0.3 is 54.1 Å². The summed E-state index contributed by atoms with van der Waals surface area (Å²) in [6.45, 7) is 8.40. The molecular formula is C68H91N5O16. The molecule has 5 amide bonds. The maximum absolute atomic E-state index is 13.7. The molecule has 3 N–H and O–H groups in total. The lowest BCUT2D eigenvalue weighted by atomic mass is 9.84. The minimum Gasteiger partial charge on any atom is -0.494 e. The summed E-state index contributed by atoms with van der Waals surface area (Å²) in [6.07, 6.45) is 8.26. The molecule has 2 unspecified atom stereocenters. The molecule has 0 aliphatic carbocycles. The number of aryl methyl sites for hydroxylation is 2. The van der Waals surface area contributed by atoms with Crippen LogP contribution in [-0.2, 0) is 79.7 Å². The fraction of sp³-hybridized carbons (Fsp3) is 0.588. The van der Waals surface area contributed by atoms with Crippen LogP contribution < -0.4 is 15.4 Å². The smallest absolute Gasteiger partial charge is 0.329 e. The Balaban J connectivity index is 0.000000255. The second-order valence-corrected chi connectivity index (χ2v) is 25.1. The first-order valence-electron chi connectivity index (χ1n) is 31.8. The maximum atomic E-state index is 13.7. The number of nitrogens with zero attached hydrogens (tertiary/aromatic N) is 3. The molecule has 21 heteroatoms. The van der Waals surface area contributed by atoms with E-state index >= 15 is 0 Å². The van der Waals surface area contributed by atoms with E-state index in [4.69, 9.17) is 23.7 Å². The number of ketones is 2. The van der Waals surface area contributed by atoms with E-state index in [0.717, 1.165) is 47.3 Å². The van der Waals surface area contributed by atoms with Crippen LogP contribution in [0.2, 0.25) is 0 Å². The maximum Gasteiger partial charge on any atom is 0.329 e. The zero-order chi connectivity index (χ0) is 64.3. The van der Waals surface area contributed by atoms with Crippen molar-refractivity contribution in [1.82, 2.24) is 25.3 Å². The lowest BCUT2D eigenvalue weighted by Crippen LogP contribution is -2.62. The monoisotopic (exact) mass is 1230 g/mol. The Hall–Kier alpha value is -7.52. The van der Waals surface area contributed by atoms with Gasteiger partial charge in [0.25, 0.3) is 17.6 Å². The Morgan fingerprint density at radius 1 is 0.629 bits per heavy atom. The first kappa shape index (κ1) is 69.0. The summed E-state index contributed by atoms with van der Waals surface area (Å²) in [5, 5.41) is 16.9. The summed E-state index contributed by atoms with van der Waals surface area (Å²) in [6, 6.07) is 24.0. The standard InChI is InChI=1S/C34H48N4O9.C34H43NO7/c1-21-18-25-15-13-22(2)34(45,47-25)30(41)33(44)38-17-9-8-12-27(38)32(43)36-26(16-14-24-10-6-5-7-11-24)31(42)35-19-28(39)37(4)20-29(40)46-23(21)3;1-34(2)24-41-30(36)18-8-3-4-11-22-40-27-16-12-15-26(23-27)29(20-19-25-13-6-5-7-14-25)42-33(39)28-17-9-10-21-35(28)32(38)31(34)37/h5-7,10-11,21-23,25-27,45H,8-9,12-20H2,1-4H3,(H,35,42)(H,36,43);5-7,12-16,23,28-29H,3-4,8-11,17-22,24H2,1-2H3/t21-,22+,23-,25?,26+,27-,34+;28?,29-/m01/s1. The third-order valence-corrected chi connectivity index (χ3v) is 17.7. The van der Waals surface area contributed by atoms with Gasteiger partial charge in [-0.25, -0.2) is 4.79 Å². The van der Waals surface area contributed by atoms with Crippen LogP contribution >= 0.6 is 0 Å². The largest absolute Gasteiger partial charge is 0.494 e. The molecule has 0 saturated carbocycles. The first-order valence-corrected chi connectivity index (χ1v) is 31.8. The Morgan fingerprint density at radius 3 is 1.94 bits per heavy atom. The molecule has 89 heavy (non-hydrogen) atoms.